The molecule has 0 heterocycles. The smallest absolute Gasteiger partial charge is 0.143 e. The summed E-state index contributed by atoms with van der Waals surface area (Å²) in [5.74, 6) is 2.84. The van der Waals surface area contributed by atoms with Crippen LogP contribution in [0.1, 0.15) is 89.0 Å². The van der Waals surface area contributed by atoms with Crippen LogP contribution in [0.4, 0.5) is 0 Å². The lowest BCUT2D eigenvalue weighted by molar-refractivity contribution is -0.124. The molecule has 2 nitrogen and oxygen atoms in total. The van der Waals surface area contributed by atoms with E-state index in [4.69, 9.17) is 0 Å². The van der Waals surface area contributed by atoms with Gasteiger partial charge >= 0.3 is 0 Å². The molecule has 0 saturated heterocycles. The first-order chi connectivity index (χ1) is 13.2. The summed E-state index contributed by atoms with van der Waals surface area (Å²) in [7, 11) is 0. The third-order valence-electron chi connectivity index (χ3n) is 7.73. The number of ketones is 2. The van der Waals surface area contributed by atoms with Crippen LogP contribution in [0.15, 0.2) is 30.3 Å². The van der Waals surface area contributed by atoms with Crippen molar-refractivity contribution in [2.24, 2.45) is 17.8 Å². The zero-order valence-corrected chi connectivity index (χ0v) is 16.6. The summed E-state index contributed by atoms with van der Waals surface area (Å²) < 4.78 is 0. The van der Waals surface area contributed by atoms with Crippen molar-refractivity contribution in [1.29, 1.82) is 0 Å². The highest BCUT2D eigenvalue weighted by Gasteiger charge is 2.49. The summed E-state index contributed by atoms with van der Waals surface area (Å²) in [6, 6.07) is 10.2. The summed E-state index contributed by atoms with van der Waals surface area (Å²) in [6.07, 6.45) is 14.2. The number of benzene rings is 1. The van der Waals surface area contributed by atoms with Gasteiger partial charge in [0.15, 0.2) is 0 Å². The van der Waals surface area contributed by atoms with Crippen molar-refractivity contribution < 1.29 is 9.59 Å². The first kappa shape index (κ1) is 18.9. The second-order valence-corrected chi connectivity index (χ2v) is 9.35. The van der Waals surface area contributed by atoms with Gasteiger partial charge in [-0.15, -0.1) is 0 Å². The lowest BCUT2D eigenvalue weighted by Gasteiger charge is -2.29. The predicted molar refractivity (Wildman–Crippen MR) is 109 cm³/mol. The first-order valence-electron chi connectivity index (χ1n) is 11.3. The Hall–Kier alpha value is -1.44. The van der Waals surface area contributed by atoms with Gasteiger partial charge < -0.3 is 0 Å². The minimum absolute atomic E-state index is 0.220. The number of rotatable bonds is 7. The van der Waals surface area contributed by atoms with Crippen LogP contribution in [0.5, 0.6) is 0 Å². The van der Waals surface area contributed by atoms with Crippen molar-refractivity contribution in [3.05, 3.63) is 35.9 Å². The Balaban J connectivity index is 1.24. The Kier molecular flexibility index (Phi) is 5.80. The molecule has 0 amide bonds. The lowest BCUT2D eigenvalue weighted by atomic mass is 9.77. The van der Waals surface area contributed by atoms with Crippen LogP contribution in [-0.4, -0.2) is 11.6 Å². The molecule has 3 aliphatic carbocycles. The molecule has 3 fully saturated rings. The Morgan fingerprint density at radius 2 is 1.44 bits per heavy atom. The van der Waals surface area contributed by atoms with E-state index in [0.29, 0.717) is 24.4 Å². The Labute approximate surface area is 164 Å². The van der Waals surface area contributed by atoms with Gasteiger partial charge in [0.1, 0.15) is 11.6 Å². The fourth-order valence-corrected chi connectivity index (χ4v) is 5.82. The molecule has 0 aliphatic heterocycles. The van der Waals surface area contributed by atoms with E-state index in [9.17, 15) is 9.59 Å². The van der Waals surface area contributed by atoms with Crippen LogP contribution >= 0.6 is 0 Å². The van der Waals surface area contributed by atoms with Crippen molar-refractivity contribution in [3.63, 3.8) is 0 Å². The molecule has 2 unspecified atom stereocenters. The van der Waals surface area contributed by atoms with E-state index in [1.807, 2.05) is 18.2 Å². The molecular formula is C25H34O2. The number of carbonyl (C=O) groups is 2. The Bertz CT molecular complexity index is 642. The van der Waals surface area contributed by atoms with E-state index in [0.717, 1.165) is 43.9 Å². The molecule has 146 valence electrons. The molecule has 2 heteroatoms. The molecule has 2 atom stereocenters. The molecule has 0 aromatic heterocycles. The molecule has 0 bridgehead atoms. The minimum Gasteiger partial charge on any atom is -0.299 e. The summed E-state index contributed by atoms with van der Waals surface area (Å²) in [6.45, 7) is 0. The van der Waals surface area contributed by atoms with Gasteiger partial charge in [0, 0.05) is 18.8 Å². The SMILES string of the molecule is O=C(CCCC(=O)C1(c2ccccc2)CC1)C1CCC2CCCCC2CC1. The second kappa shape index (κ2) is 8.29. The van der Waals surface area contributed by atoms with Gasteiger partial charge in [0.2, 0.25) is 0 Å². The van der Waals surface area contributed by atoms with Gasteiger partial charge in [0.25, 0.3) is 0 Å². The minimum atomic E-state index is -0.220. The van der Waals surface area contributed by atoms with Gasteiger partial charge in [-0.2, -0.15) is 0 Å². The zero-order valence-electron chi connectivity index (χ0n) is 16.6. The number of Topliss-reactive ketones (excluding diaryl/α,β-unsaturated/α-hetero) is 2. The Morgan fingerprint density at radius 3 is 2.04 bits per heavy atom. The standard InChI is InChI=1S/C25H34O2/c26-23(21-15-13-19-7-4-5-8-20(19)14-16-21)11-6-12-24(27)25(17-18-25)22-9-2-1-3-10-22/h1-3,9-10,19-21H,4-8,11-18H2. The van der Waals surface area contributed by atoms with Crippen LogP contribution in [0, 0.1) is 17.8 Å². The third kappa shape index (κ3) is 4.20. The average molecular weight is 367 g/mol. The summed E-state index contributed by atoms with van der Waals surface area (Å²) in [4.78, 5) is 25.6. The molecule has 0 spiro atoms. The van der Waals surface area contributed by atoms with Crippen molar-refractivity contribution in [2.75, 3.05) is 0 Å². The van der Waals surface area contributed by atoms with Crippen LogP contribution in [-0.2, 0) is 15.0 Å². The maximum Gasteiger partial charge on any atom is 0.143 e. The highest BCUT2D eigenvalue weighted by molar-refractivity contribution is 5.93. The van der Waals surface area contributed by atoms with Gasteiger partial charge in [-0.1, -0.05) is 56.0 Å². The summed E-state index contributed by atoms with van der Waals surface area (Å²) >= 11 is 0. The van der Waals surface area contributed by atoms with E-state index in [-0.39, 0.29) is 11.3 Å². The second-order valence-electron chi connectivity index (χ2n) is 9.35. The zero-order chi connectivity index (χ0) is 18.7. The summed E-state index contributed by atoms with van der Waals surface area (Å²) in [5.41, 5.74) is 0.954. The number of fused-ring (bicyclic) bond motifs is 1. The normalized spacial score (nSPS) is 29.4. The molecular weight excluding hydrogens is 332 g/mol. The fourth-order valence-electron chi connectivity index (χ4n) is 5.82. The number of hydrogen-bond acceptors (Lipinski definition) is 2. The maximum absolute atomic E-state index is 12.8. The molecule has 1 aromatic carbocycles. The van der Waals surface area contributed by atoms with E-state index in [2.05, 4.69) is 12.1 Å². The van der Waals surface area contributed by atoms with Crippen molar-refractivity contribution in [3.8, 4) is 0 Å². The van der Waals surface area contributed by atoms with E-state index >= 15 is 0 Å². The van der Waals surface area contributed by atoms with Gasteiger partial charge in [-0.05, 0) is 62.3 Å². The first-order valence-corrected chi connectivity index (χ1v) is 11.3. The lowest BCUT2D eigenvalue weighted by Crippen LogP contribution is -2.21. The van der Waals surface area contributed by atoms with Crippen LogP contribution in [0.3, 0.4) is 0 Å². The van der Waals surface area contributed by atoms with Crippen LogP contribution < -0.4 is 0 Å². The fraction of sp³-hybridized carbons (Fsp3) is 0.680. The van der Waals surface area contributed by atoms with Crippen LogP contribution in [0.25, 0.3) is 0 Å². The molecule has 4 rings (SSSR count). The highest BCUT2D eigenvalue weighted by Crippen LogP contribution is 2.50. The highest BCUT2D eigenvalue weighted by atomic mass is 16.1. The molecule has 27 heavy (non-hydrogen) atoms. The van der Waals surface area contributed by atoms with Gasteiger partial charge in [0.05, 0.1) is 5.41 Å². The number of carbonyl (C=O) groups excluding carboxylic acids is 2. The van der Waals surface area contributed by atoms with Gasteiger partial charge in [-0.3, -0.25) is 9.59 Å². The van der Waals surface area contributed by atoms with E-state index in [1.165, 1.54) is 44.1 Å². The van der Waals surface area contributed by atoms with E-state index < -0.39 is 0 Å². The maximum atomic E-state index is 12.8. The largest absolute Gasteiger partial charge is 0.299 e. The topological polar surface area (TPSA) is 34.1 Å². The van der Waals surface area contributed by atoms with Crippen molar-refractivity contribution >= 4 is 11.6 Å². The van der Waals surface area contributed by atoms with Gasteiger partial charge in [-0.25, -0.2) is 0 Å². The molecule has 0 N–H and O–H groups in total. The van der Waals surface area contributed by atoms with Crippen molar-refractivity contribution in [1.82, 2.24) is 0 Å². The molecule has 3 aliphatic rings. The monoisotopic (exact) mass is 366 g/mol. The third-order valence-corrected chi connectivity index (χ3v) is 7.73. The van der Waals surface area contributed by atoms with Crippen LogP contribution in [0.2, 0.25) is 0 Å². The van der Waals surface area contributed by atoms with Crippen molar-refractivity contribution in [2.45, 2.75) is 88.9 Å². The summed E-state index contributed by atoms with van der Waals surface area (Å²) in [5, 5.41) is 0. The molecule has 1 aromatic rings. The van der Waals surface area contributed by atoms with E-state index in [1.54, 1.807) is 0 Å². The molecule has 3 saturated carbocycles. The predicted octanol–water partition coefficient (Wildman–Crippen LogP) is 6.02. The number of hydrogen-bond donors (Lipinski definition) is 0. The quantitative estimate of drug-likeness (QED) is 0.591. The molecule has 0 radical (unpaired) electrons. The average Bonchev–Trinajstić information content (AvgIpc) is 3.53. The Morgan fingerprint density at radius 1 is 0.815 bits per heavy atom.